The molecule has 0 N–H and O–H groups in total. The maximum Gasteiger partial charge on any atom is 0.180 e. The highest BCUT2D eigenvalue weighted by atomic mass is 79.9. The van der Waals surface area contributed by atoms with Crippen molar-refractivity contribution in [3.05, 3.63) is 106 Å². The van der Waals surface area contributed by atoms with Crippen LogP contribution in [0.2, 0.25) is 0 Å². The molecular formula is C28H20BrNO3. The van der Waals surface area contributed by atoms with Crippen LogP contribution in [0.4, 0.5) is 5.69 Å². The van der Waals surface area contributed by atoms with E-state index in [2.05, 4.69) is 15.9 Å². The van der Waals surface area contributed by atoms with Crippen LogP contribution in [0.3, 0.4) is 0 Å². The number of hydrogen-bond acceptors (Lipinski definition) is 4. The number of nitrogens with zero attached hydrogens (tertiary/aromatic N) is 1. The van der Waals surface area contributed by atoms with Crippen molar-refractivity contribution in [2.75, 3.05) is 4.90 Å². The normalized spacial score (nSPS) is 24.1. The van der Waals surface area contributed by atoms with Crippen LogP contribution in [0.1, 0.15) is 44.7 Å². The van der Waals surface area contributed by atoms with E-state index in [9.17, 15) is 14.4 Å². The molecule has 2 aliphatic heterocycles. The molecule has 3 aromatic rings. The summed E-state index contributed by atoms with van der Waals surface area (Å²) in [5, 5.41) is 0. The quantitative estimate of drug-likeness (QED) is 0.440. The van der Waals surface area contributed by atoms with Crippen LogP contribution in [-0.4, -0.2) is 29.4 Å². The van der Waals surface area contributed by atoms with Gasteiger partial charge in [-0.25, -0.2) is 0 Å². The van der Waals surface area contributed by atoms with Gasteiger partial charge in [-0.15, -0.1) is 0 Å². The van der Waals surface area contributed by atoms with E-state index >= 15 is 0 Å². The Morgan fingerprint density at radius 1 is 0.879 bits per heavy atom. The minimum absolute atomic E-state index is 0.0635. The van der Waals surface area contributed by atoms with Gasteiger partial charge >= 0.3 is 0 Å². The molecule has 162 valence electrons. The second-order valence-corrected chi connectivity index (χ2v) is 9.84. The van der Waals surface area contributed by atoms with Gasteiger partial charge in [0.05, 0.1) is 12.1 Å². The molecule has 2 heterocycles. The smallest absolute Gasteiger partial charge is 0.180 e. The zero-order valence-electron chi connectivity index (χ0n) is 17.9. The predicted octanol–water partition coefficient (Wildman–Crippen LogP) is 5.47. The van der Waals surface area contributed by atoms with Crippen LogP contribution >= 0.6 is 15.9 Å². The Morgan fingerprint density at radius 3 is 2.12 bits per heavy atom. The monoisotopic (exact) mass is 497 g/mol. The molecule has 3 aromatic carbocycles. The molecule has 1 spiro atoms. The lowest BCUT2D eigenvalue weighted by molar-refractivity contribution is -0.118. The summed E-state index contributed by atoms with van der Waals surface area (Å²) in [7, 11) is 0. The molecule has 0 unspecified atom stereocenters. The van der Waals surface area contributed by atoms with Crippen molar-refractivity contribution >= 4 is 45.0 Å². The highest BCUT2D eigenvalue weighted by Gasteiger charge is 2.71. The Bertz CT molecular complexity index is 1340. The van der Waals surface area contributed by atoms with Crippen molar-refractivity contribution in [1.29, 1.82) is 0 Å². The fourth-order valence-corrected chi connectivity index (χ4v) is 6.38. The molecule has 1 aliphatic carbocycles. The molecule has 0 aromatic heterocycles. The molecule has 3 aliphatic rings. The summed E-state index contributed by atoms with van der Waals surface area (Å²) in [6.07, 6.45) is 3.92. The Balaban J connectivity index is 1.68. The maximum absolute atomic E-state index is 14.2. The van der Waals surface area contributed by atoms with Crippen molar-refractivity contribution in [2.45, 2.75) is 24.9 Å². The minimum Gasteiger partial charge on any atom is -0.352 e. The van der Waals surface area contributed by atoms with E-state index < -0.39 is 23.4 Å². The van der Waals surface area contributed by atoms with Crippen molar-refractivity contribution in [1.82, 2.24) is 0 Å². The van der Waals surface area contributed by atoms with Crippen LogP contribution in [0, 0.1) is 5.41 Å². The van der Waals surface area contributed by atoms with Gasteiger partial charge in [0.2, 0.25) is 0 Å². The molecule has 3 atom stereocenters. The van der Waals surface area contributed by atoms with Crippen molar-refractivity contribution in [3.8, 4) is 0 Å². The fourth-order valence-electron chi connectivity index (χ4n) is 6.11. The summed E-state index contributed by atoms with van der Waals surface area (Å²) in [4.78, 5) is 43.7. The first-order valence-corrected chi connectivity index (χ1v) is 11.8. The number of hydrogen-bond donors (Lipinski definition) is 0. The number of fused-ring (bicyclic) bond motifs is 5. The molecule has 1 saturated heterocycles. The zero-order valence-corrected chi connectivity index (χ0v) is 19.5. The van der Waals surface area contributed by atoms with Crippen molar-refractivity contribution < 1.29 is 14.4 Å². The number of carbonyl (C=O) groups is 3. The Kier molecular flexibility index (Phi) is 4.36. The third-order valence-electron chi connectivity index (χ3n) is 7.36. The van der Waals surface area contributed by atoms with E-state index in [1.807, 2.05) is 65.6 Å². The number of ketones is 3. The number of carbonyl (C=O) groups excluding carboxylic acids is 3. The first-order valence-electron chi connectivity index (χ1n) is 11.0. The third-order valence-corrected chi connectivity index (χ3v) is 7.89. The summed E-state index contributed by atoms with van der Waals surface area (Å²) in [6.45, 7) is 1.56. The van der Waals surface area contributed by atoms with Crippen LogP contribution < -0.4 is 4.90 Å². The van der Waals surface area contributed by atoms with E-state index in [1.54, 1.807) is 31.2 Å². The molecule has 1 fully saturated rings. The van der Waals surface area contributed by atoms with E-state index in [1.165, 1.54) is 0 Å². The van der Waals surface area contributed by atoms with Gasteiger partial charge in [-0.2, -0.15) is 0 Å². The van der Waals surface area contributed by atoms with Gasteiger partial charge in [-0.3, -0.25) is 14.4 Å². The third kappa shape index (κ3) is 2.54. The van der Waals surface area contributed by atoms with E-state index in [4.69, 9.17) is 0 Å². The summed E-state index contributed by atoms with van der Waals surface area (Å²) in [6, 6.07) is 21.3. The zero-order chi connectivity index (χ0) is 22.9. The first-order chi connectivity index (χ1) is 16.0. The molecular weight excluding hydrogens is 478 g/mol. The van der Waals surface area contributed by atoms with Gasteiger partial charge < -0.3 is 4.90 Å². The molecule has 0 amide bonds. The fraction of sp³-hybridized carbons (Fsp3) is 0.179. The number of anilines is 1. The molecule has 33 heavy (non-hydrogen) atoms. The molecule has 0 saturated carbocycles. The summed E-state index contributed by atoms with van der Waals surface area (Å²) in [5.74, 6) is -1.07. The lowest BCUT2D eigenvalue weighted by Crippen LogP contribution is -2.48. The van der Waals surface area contributed by atoms with Gasteiger partial charge in [-0.05, 0) is 36.2 Å². The Labute approximate surface area is 200 Å². The second kappa shape index (κ2) is 7.09. The van der Waals surface area contributed by atoms with Gasteiger partial charge in [0.25, 0.3) is 0 Å². The minimum atomic E-state index is -1.40. The highest BCUT2D eigenvalue weighted by molar-refractivity contribution is 9.10. The number of rotatable bonds is 2. The lowest BCUT2D eigenvalue weighted by Gasteiger charge is -2.37. The van der Waals surface area contributed by atoms with Crippen LogP contribution in [0.25, 0.3) is 6.08 Å². The largest absolute Gasteiger partial charge is 0.352 e. The topological polar surface area (TPSA) is 54.5 Å². The molecule has 4 nitrogen and oxygen atoms in total. The van der Waals surface area contributed by atoms with Gasteiger partial charge in [0.1, 0.15) is 5.41 Å². The van der Waals surface area contributed by atoms with Gasteiger partial charge in [0.15, 0.2) is 17.3 Å². The first kappa shape index (κ1) is 20.3. The second-order valence-electron chi connectivity index (χ2n) is 8.93. The van der Waals surface area contributed by atoms with Gasteiger partial charge in [-0.1, -0.05) is 82.7 Å². The average Bonchev–Trinajstić information content (AvgIpc) is 3.27. The SMILES string of the molecule is CC(=O)[C@@H]1[C@H](c2ccc(Br)cc2)C2(C(=O)c3ccccc3C2=O)[C@@H]2C=Cc3ccccc3N12. The van der Waals surface area contributed by atoms with Crippen molar-refractivity contribution in [3.63, 3.8) is 0 Å². The predicted molar refractivity (Wildman–Crippen MR) is 131 cm³/mol. The van der Waals surface area contributed by atoms with Gasteiger partial charge in [0, 0.05) is 27.2 Å². The summed E-state index contributed by atoms with van der Waals surface area (Å²) < 4.78 is 0.896. The van der Waals surface area contributed by atoms with Crippen LogP contribution in [0.5, 0.6) is 0 Å². The lowest BCUT2D eigenvalue weighted by atomic mass is 9.64. The Hall–Kier alpha value is -3.31. The molecule has 0 radical (unpaired) electrons. The van der Waals surface area contributed by atoms with E-state index in [-0.39, 0.29) is 17.3 Å². The Morgan fingerprint density at radius 2 is 1.48 bits per heavy atom. The number of para-hydroxylation sites is 1. The van der Waals surface area contributed by atoms with Crippen LogP contribution in [0.15, 0.2) is 83.3 Å². The van der Waals surface area contributed by atoms with E-state index in [0.29, 0.717) is 11.1 Å². The van der Waals surface area contributed by atoms with Crippen molar-refractivity contribution in [2.24, 2.45) is 5.41 Å². The standard InChI is InChI=1S/C28H20BrNO3/c1-16(31)25-24(18-10-13-19(29)14-11-18)28(26(32)20-7-3-4-8-21(20)27(28)33)23-15-12-17-6-2-5-9-22(17)30(23)25/h2-15,23-25H,1H3/t23-,24-,25+/m0/s1. The number of halogens is 1. The number of benzene rings is 3. The summed E-state index contributed by atoms with van der Waals surface area (Å²) in [5.41, 5.74) is 2.15. The molecule has 5 heteroatoms. The highest BCUT2D eigenvalue weighted by Crippen LogP contribution is 2.60. The van der Waals surface area contributed by atoms with Crippen LogP contribution in [-0.2, 0) is 4.79 Å². The molecule has 6 rings (SSSR count). The molecule has 0 bridgehead atoms. The number of Topliss-reactive ketones (excluding diaryl/α,β-unsaturated/α-hetero) is 3. The maximum atomic E-state index is 14.2. The van der Waals surface area contributed by atoms with E-state index in [0.717, 1.165) is 21.3 Å². The average molecular weight is 498 g/mol. The summed E-state index contributed by atoms with van der Waals surface area (Å²) >= 11 is 3.48.